The van der Waals surface area contributed by atoms with Gasteiger partial charge < -0.3 is 14.2 Å². The summed E-state index contributed by atoms with van der Waals surface area (Å²) < 4.78 is 16.6. The Morgan fingerprint density at radius 2 is 1.79 bits per heavy atom. The van der Waals surface area contributed by atoms with Gasteiger partial charge in [0.25, 0.3) is 0 Å². The van der Waals surface area contributed by atoms with Crippen LogP contribution in [-0.2, 0) is 6.61 Å². The minimum absolute atomic E-state index is 0.486. The molecule has 5 nitrogen and oxygen atoms in total. The Labute approximate surface area is 197 Å². The van der Waals surface area contributed by atoms with Crippen molar-refractivity contribution >= 4 is 23.0 Å². The summed E-state index contributed by atoms with van der Waals surface area (Å²) in [5.41, 5.74) is 4.13. The number of thiazole rings is 1. The highest BCUT2D eigenvalue weighted by Crippen LogP contribution is 2.34. The molecule has 4 aromatic rings. The average Bonchev–Trinajstić information content (AvgIpc) is 3.36. The number of rotatable bonds is 8. The van der Waals surface area contributed by atoms with Gasteiger partial charge in [-0.3, -0.25) is 0 Å². The second-order valence-corrected chi connectivity index (χ2v) is 7.98. The monoisotopic (exact) mass is 454 g/mol. The van der Waals surface area contributed by atoms with Crippen molar-refractivity contribution in [1.82, 2.24) is 4.98 Å². The molecule has 1 heterocycles. The molecule has 0 aliphatic carbocycles. The van der Waals surface area contributed by atoms with E-state index in [1.807, 2.05) is 84.3 Å². The number of aromatic nitrogens is 1. The molecule has 0 aliphatic rings. The Balaban J connectivity index is 1.54. The van der Waals surface area contributed by atoms with Crippen molar-refractivity contribution in [3.63, 3.8) is 0 Å². The van der Waals surface area contributed by atoms with E-state index >= 15 is 0 Å². The van der Waals surface area contributed by atoms with Gasteiger partial charge in [-0.1, -0.05) is 42.5 Å². The van der Waals surface area contributed by atoms with Gasteiger partial charge in [-0.15, -0.1) is 11.3 Å². The van der Waals surface area contributed by atoms with E-state index in [-0.39, 0.29) is 0 Å². The predicted molar refractivity (Wildman–Crippen MR) is 131 cm³/mol. The van der Waals surface area contributed by atoms with Crippen LogP contribution in [0.3, 0.4) is 0 Å². The fourth-order valence-electron chi connectivity index (χ4n) is 3.27. The van der Waals surface area contributed by atoms with Crippen LogP contribution in [0.25, 0.3) is 22.9 Å². The van der Waals surface area contributed by atoms with Crippen LogP contribution in [0.15, 0.2) is 78.2 Å². The molecule has 0 fully saturated rings. The summed E-state index contributed by atoms with van der Waals surface area (Å²) in [6, 6.07) is 25.6. The van der Waals surface area contributed by atoms with Crippen LogP contribution in [0, 0.1) is 11.3 Å². The average molecular weight is 455 g/mol. The van der Waals surface area contributed by atoms with Crippen LogP contribution < -0.4 is 14.2 Å². The van der Waals surface area contributed by atoms with Crippen LogP contribution >= 0.6 is 11.3 Å². The summed E-state index contributed by atoms with van der Waals surface area (Å²) in [6.45, 7) is 0.486. The standard InChI is InChI=1S/C27H22N2O3S/c1-30-25-12-11-21(15-26(25)31-2)24-18-33-27(29-24)22(16-28)13-20-9-6-10-23(14-20)32-17-19-7-4-3-5-8-19/h3-15,18H,17H2,1-2H3. The zero-order chi connectivity index (χ0) is 23.0. The van der Waals surface area contributed by atoms with Gasteiger partial charge in [-0.2, -0.15) is 5.26 Å². The first-order valence-corrected chi connectivity index (χ1v) is 11.1. The minimum atomic E-state index is 0.486. The number of allylic oxidation sites excluding steroid dienone is 1. The van der Waals surface area contributed by atoms with Crippen molar-refractivity contribution in [2.45, 2.75) is 6.61 Å². The maximum Gasteiger partial charge on any atom is 0.161 e. The molecule has 6 heteroatoms. The van der Waals surface area contributed by atoms with E-state index in [0.29, 0.717) is 28.7 Å². The zero-order valence-corrected chi connectivity index (χ0v) is 19.1. The van der Waals surface area contributed by atoms with Gasteiger partial charge in [0, 0.05) is 10.9 Å². The third-order valence-corrected chi connectivity index (χ3v) is 5.83. The number of nitriles is 1. The summed E-state index contributed by atoms with van der Waals surface area (Å²) in [6.07, 6.45) is 1.83. The summed E-state index contributed by atoms with van der Waals surface area (Å²) >= 11 is 1.43. The molecular weight excluding hydrogens is 432 g/mol. The number of hydrogen-bond acceptors (Lipinski definition) is 6. The minimum Gasteiger partial charge on any atom is -0.493 e. The molecule has 3 aromatic carbocycles. The molecule has 0 saturated carbocycles. The molecule has 164 valence electrons. The molecule has 0 bridgehead atoms. The first-order valence-electron chi connectivity index (χ1n) is 10.3. The quantitative estimate of drug-likeness (QED) is 0.286. The fourth-order valence-corrected chi connectivity index (χ4v) is 4.06. The second-order valence-electron chi connectivity index (χ2n) is 7.12. The lowest BCUT2D eigenvalue weighted by Crippen LogP contribution is -1.95. The van der Waals surface area contributed by atoms with Gasteiger partial charge in [0.1, 0.15) is 23.4 Å². The largest absolute Gasteiger partial charge is 0.493 e. The fraction of sp³-hybridized carbons (Fsp3) is 0.111. The third kappa shape index (κ3) is 5.40. The molecule has 33 heavy (non-hydrogen) atoms. The van der Waals surface area contributed by atoms with Gasteiger partial charge >= 0.3 is 0 Å². The predicted octanol–water partition coefficient (Wildman–Crippen LogP) is 6.47. The van der Waals surface area contributed by atoms with Gasteiger partial charge in [-0.25, -0.2) is 4.98 Å². The molecule has 0 aliphatic heterocycles. The summed E-state index contributed by atoms with van der Waals surface area (Å²) in [5.74, 6) is 2.03. The number of methoxy groups -OCH3 is 2. The SMILES string of the molecule is COc1ccc(-c2csc(C(C#N)=Cc3cccc(OCc4ccccc4)c3)n2)cc1OC. The molecule has 0 radical (unpaired) electrons. The lowest BCUT2D eigenvalue weighted by molar-refractivity contribution is 0.306. The molecule has 4 rings (SSSR count). The first-order chi connectivity index (χ1) is 16.2. The maximum atomic E-state index is 9.77. The van der Waals surface area contributed by atoms with Crippen molar-refractivity contribution in [2.24, 2.45) is 0 Å². The number of benzene rings is 3. The Hall–Kier alpha value is -4.08. The second kappa shape index (κ2) is 10.5. The van der Waals surface area contributed by atoms with Crippen LogP contribution in [0.4, 0.5) is 0 Å². The molecule has 0 saturated heterocycles. The molecule has 0 atom stereocenters. The van der Waals surface area contributed by atoms with Crippen molar-refractivity contribution in [1.29, 1.82) is 5.26 Å². The lowest BCUT2D eigenvalue weighted by atomic mass is 10.1. The smallest absolute Gasteiger partial charge is 0.161 e. The van der Waals surface area contributed by atoms with Gasteiger partial charge in [0.15, 0.2) is 11.5 Å². The molecular formula is C27H22N2O3S. The first kappa shape index (κ1) is 22.1. The van der Waals surface area contributed by atoms with Crippen molar-refractivity contribution in [2.75, 3.05) is 14.2 Å². The Morgan fingerprint density at radius 3 is 2.55 bits per heavy atom. The molecule has 1 aromatic heterocycles. The van der Waals surface area contributed by atoms with E-state index in [1.165, 1.54) is 11.3 Å². The highest BCUT2D eigenvalue weighted by atomic mass is 32.1. The van der Waals surface area contributed by atoms with Crippen molar-refractivity contribution in [3.8, 4) is 34.6 Å². The van der Waals surface area contributed by atoms with Crippen LogP contribution in [0.5, 0.6) is 17.2 Å². The zero-order valence-electron chi connectivity index (χ0n) is 18.3. The van der Waals surface area contributed by atoms with E-state index in [1.54, 1.807) is 14.2 Å². The van der Waals surface area contributed by atoms with E-state index in [0.717, 1.165) is 28.1 Å². The summed E-state index contributed by atoms with van der Waals surface area (Å²) in [5, 5.41) is 12.4. The van der Waals surface area contributed by atoms with Gasteiger partial charge in [0.05, 0.1) is 25.5 Å². The van der Waals surface area contributed by atoms with Gasteiger partial charge in [0.2, 0.25) is 0 Å². The van der Waals surface area contributed by atoms with E-state index in [2.05, 4.69) is 11.1 Å². The summed E-state index contributed by atoms with van der Waals surface area (Å²) in [4.78, 5) is 4.68. The van der Waals surface area contributed by atoms with Crippen LogP contribution in [-0.4, -0.2) is 19.2 Å². The highest BCUT2D eigenvalue weighted by molar-refractivity contribution is 7.11. The molecule has 0 amide bonds. The van der Waals surface area contributed by atoms with E-state index in [4.69, 9.17) is 14.2 Å². The Morgan fingerprint density at radius 1 is 0.970 bits per heavy atom. The van der Waals surface area contributed by atoms with Crippen LogP contribution in [0.2, 0.25) is 0 Å². The normalized spacial score (nSPS) is 11.0. The topological polar surface area (TPSA) is 64.4 Å². The lowest BCUT2D eigenvalue weighted by Gasteiger charge is -2.08. The van der Waals surface area contributed by atoms with E-state index < -0.39 is 0 Å². The maximum absolute atomic E-state index is 9.77. The number of ether oxygens (including phenoxy) is 3. The van der Waals surface area contributed by atoms with Crippen LogP contribution in [0.1, 0.15) is 16.1 Å². The molecule has 0 unspecified atom stereocenters. The number of nitrogens with zero attached hydrogens (tertiary/aromatic N) is 2. The van der Waals surface area contributed by atoms with Crippen molar-refractivity contribution < 1.29 is 14.2 Å². The molecule has 0 spiro atoms. The Bertz CT molecular complexity index is 1310. The Kier molecular flexibility index (Phi) is 7.03. The number of hydrogen-bond donors (Lipinski definition) is 0. The van der Waals surface area contributed by atoms with E-state index in [9.17, 15) is 5.26 Å². The third-order valence-electron chi connectivity index (χ3n) is 4.95. The highest BCUT2D eigenvalue weighted by Gasteiger charge is 2.12. The molecule has 0 N–H and O–H groups in total. The van der Waals surface area contributed by atoms with Crippen molar-refractivity contribution in [3.05, 3.63) is 94.3 Å². The van der Waals surface area contributed by atoms with Gasteiger partial charge in [-0.05, 0) is 47.5 Å². The summed E-state index contributed by atoms with van der Waals surface area (Å²) in [7, 11) is 3.20.